The molecule has 0 saturated heterocycles. The van der Waals surface area contributed by atoms with Crippen molar-refractivity contribution < 1.29 is 13.2 Å². The van der Waals surface area contributed by atoms with Gasteiger partial charge in [-0.1, -0.05) is 6.92 Å². The van der Waals surface area contributed by atoms with Crippen LogP contribution in [0.25, 0.3) is 0 Å². The molecule has 0 bridgehead atoms. The summed E-state index contributed by atoms with van der Waals surface area (Å²) in [4.78, 5) is 0. The fraction of sp³-hybridized carbons (Fsp3) is 0.357. The summed E-state index contributed by atoms with van der Waals surface area (Å²) in [6.45, 7) is 2.63. The molecular formula is C14H16F3N3. The molecule has 20 heavy (non-hydrogen) atoms. The van der Waals surface area contributed by atoms with E-state index in [1.807, 2.05) is 6.92 Å². The number of benzene rings is 1. The fourth-order valence-corrected chi connectivity index (χ4v) is 2.26. The van der Waals surface area contributed by atoms with E-state index >= 15 is 0 Å². The van der Waals surface area contributed by atoms with E-state index in [0.717, 1.165) is 6.42 Å². The van der Waals surface area contributed by atoms with Crippen LogP contribution in [0.1, 0.15) is 30.6 Å². The van der Waals surface area contributed by atoms with Crippen LogP contribution in [0, 0.1) is 17.5 Å². The van der Waals surface area contributed by atoms with Crippen molar-refractivity contribution in [2.75, 3.05) is 7.05 Å². The zero-order chi connectivity index (χ0) is 14.7. The molecule has 0 spiro atoms. The largest absolute Gasteiger partial charge is 0.308 e. The average Bonchev–Trinajstić information content (AvgIpc) is 2.82. The van der Waals surface area contributed by atoms with E-state index in [9.17, 15) is 13.2 Å². The first-order valence-corrected chi connectivity index (χ1v) is 6.41. The highest BCUT2D eigenvalue weighted by atomic mass is 19.1. The normalized spacial score (nSPS) is 12.7. The van der Waals surface area contributed by atoms with Gasteiger partial charge in [-0.3, -0.25) is 4.68 Å². The van der Waals surface area contributed by atoms with Gasteiger partial charge in [0.25, 0.3) is 0 Å². The van der Waals surface area contributed by atoms with Gasteiger partial charge in [-0.2, -0.15) is 5.10 Å². The van der Waals surface area contributed by atoms with E-state index in [0.29, 0.717) is 24.4 Å². The lowest BCUT2D eigenvalue weighted by molar-refractivity contribution is 0.477. The maximum atomic E-state index is 13.9. The van der Waals surface area contributed by atoms with E-state index in [2.05, 4.69) is 10.4 Å². The number of nitrogens with zero attached hydrogens (tertiary/aromatic N) is 2. The lowest BCUT2D eigenvalue weighted by Gasteiger charge is -2.19. The van der Waals surface area contributed by atoms with Crippen molar-refractivity contribution >= 4 is 0 Å². The number of hydrogen-bond donors (Lipinski definition) is 1. The number of nitrogens with one attached hydrogen (secondary N) is 1. The van der Waals surface area contributed by atoms with Crippen LogP contribution in [0.2, 0.25) is 0 Å². The summed E-state index contributed by atoms with van der Waals surface area (Å²) in [5.41, 5.74) is 0.436. The topological polar surface area (TPSA) is 29.9 Å². The molecular weight excluding hydrogens is 267 g/mol. The molecule has 1 unspecified atom stereocenters. The summed E-state index contributed by atoms with van der Waals surface area (Å²) < 4.78 is 42.5. The minimum atomic E-state index is -0.930. The minimum absolute atomic E-state index is 0.202. The molecule has 0 aliphatic rings. The Bertz CT molecular complexity index is 572. The maximum Gasteiger partial charge on any atom is 0.134 e. The van der Waals surface area contributed by atoms with Gasteiger partial charge in [-0.25, -0.2) is 13.2 Å². The van der Waals surface area contributed by atoms with Gasteiger partial charge in [0.15, 0.2) is 0 Å². The number of aryl methyl sites for hydroxylation is 1. The third-order valence-corrected chi connectivity index (χ3v) is 3.10. The SMILES string of the molecule is CCCn1nccc1C(NC)c1c(F)cc(F)cc1F. The Morgan fingerprint density at radius 1 is 1.25 bits per heavy atom. The molecule has 0 amide bonds. The van der Waals surface area contributed by atoms with Crippen molar-refractivity contribution in [3.8, 4) is 0 Å². The van der Waals surface area contributed by atoms with Crippen LogP contribution < -0.4 is 5.32 Å². The molecule has 2 aromatic rings. The molecule has 0 aliphatic heterocycles. The van der Waals surface area contributed by atoms with E-state index < -0.39 is 23.5 Å². The number of hydrogen-bond acceptors (Lipinski definition) is 2. The van der Waals surface area contributed by atoms with Crippen LogP contribution in [0.5, 0.6) is 0 Å². The standard InChI is InChI=1S/C14H16F3N3/c1-3-6-20-12(4-5-19-20)14(18-2)13-10(16)7-9(15)8-11(13)17/h4-5,7-8,14,18H,3,6H2,1-2H3. The molecule has 0 radical (unpaired) electrons. The molecule has 0 fully saturated rings. The van der Waals surface area contributed by atoms with Gasteiger partial charge in [-0.15, -0.1) is 0 Å². The highest BCUT2D eigenvalue weighted by molar-refractivity contribution is 5.31. The highest BCUT2D eigenvalue weighted by Gasteiger charge is 2.24. The number of aromatic nitrogens is 2. The van der Waals surface area contributed by atoms with Crippen molar-refractivity contribution in [1.82, 2.24) is 15.1 Å². The smallest absolute Gasteiger partial charge is 0.134 e. The zero-order valence-corrected chi connectivity index (χ0v) is 11.3. The Morgan fingerprint density at radius 3 is 2.45 bits per heavy atom. The summed E-state index contributed by atoms with van der Waals surface area (Å²) >= 11 is 0. The van der Waals surface area contributed by atoms with Crippen LogP contribution in [0.15, 0.2) is 24.4 Å². The Labute approximate surface area is 115 Å². The van der Waals surface area contributed by atoms with Gasteiger partial charge in [-0.05, 0) is 19.5 Å². The monoisotopic (exact) mass is 283 g/mol. The van der Waals surface area contributed by atoms with Gasteiger partial charge in [0.05, 0.1) is 11.7 Å². The maximum absolute atomic E-state index is 13.9. The van der Waals surface area contributed by atoms with Crippen molar-refractivity contribution in [2.24, 2.45) is 0 Å². The van der Waals surface area contributed by atoms with Gasteiger partial charge in [0.1, 0.15) is 17.5 Å². The van der Waals surface area contributed by atoms with E-state index in [4.69, 9.17) is 0 Å². The van der Waals surface area contributed by atoms with Gasteiger partial charge >= 0.3 is 0 Å². The highest BCUT2D eigenvalue weighted by Crippen LogP contribution is 2.27. The van der Waals surface area contributed by atoms with Crippen LogP contribution in [0.3, 0.4) is 0 Å². The summed E-state index contributed by atoms with van der Waals surface area (Å²) in [5.74, 6) is -2.75. The first-order valence-electron chi connectivity index (χ1n) is 6.41. The number of halogens is 3. The van der Waals surface area contributed by atoms with Gasteiger partial charge in [0, 0.05) is 30.4 Å². The van der Waals surface area contributed by atoms with Crippen LogP contribution in [0.4, 0.5) is 13.2 Å². The quantitative estimate of drug-likeness (QED) is 0.914. The Balaban J connectivity index is 2.50. The molecule has 2 rings (SSSR count). The average molecular weight is 283 g/mol. The van der Waals surface area contributed by atoms with Crippen LogP contribution in [-0.2, 0) is 6.54 Å². The van der Waals surface area contributed by atoms with E-state index in [-0.39, 0.29) is 5.56 Å². The molecule has 1 heterocycles. The van der Waals surface area contributed by atoms with E-state index in [1.165, 1.54) is 0 Å². The summed E-state index contributed by atoms with van der Waals surface area (Å²) in [6.07, 6.45) is 2.42. The zero-order valence-electron chi connectivity index (χ0n) is 11.3. The summed E-state index contributed by atoms with van der Waals surface area (Å²) in [7, 11) is 1.59. The molecule has 0 saturated carbocycles. The second kappa shape index (κ2) is 6.09. The molecule has 1 atom stereocenters. The Kier molecular flexibility index (Phi) is 4.44. The summed E-state index contributed by atoms with van der Waals surface area (Å²) in [5, 5.41) is 6.99. The molecule has 6 heteroatoms. The molecule has 108 valence electrons. The van der Waals surface area contributed by atoms with Crippen molar-refractivity contribution in [3.63, 3.8) is 0 Å². The Morgan fingerprint density at radius 2 is 1.90 bits per heavy atom. The fourth-order valence-electron chi connectivity index (χ4n) is 2.26. The van der Waals surface area contributed by atoms with Crippen molar-refractivity contribution in [2.45, 2.75) is 25.9 Å². The summed E-state index contributed by atoms with van der Waals surface area (Å²) in [6, 6.07) is 2.34. The third-order valence-electron chi connectivity index (χ3n) is 3.10. The molecule has 1 aromatic heterocycles. The predicted octanol–water partition coefficient (Wildman–Crippen LogP) is 3.02. The van der Waals surface area contributed by atoms with E-state index in [1.54, 1.807) is 24.0 Å². The van der Waals surface area contributed by atoms with Crippen molar-refractivity contribution in [1.29, 1.82) is 0 Å². The second-order valence-electron chi connectivity index (χ2n) is 4.48. The lowest BCUT2D eigenvalue weighted by atomic mass is 10.0. The van der Waals surface area contributed by atoms with Crippen LogP contribution in [-0.4, -0.2) is 16.8 Å². The minimum Gasteiger partial charge on any atom is -0.308 e. The van der Waals surface area contributed by atoms with Gasteiger partial charge in [0.2, 0.25) is 0 Å². The van der Waals surface area contributed by atoms with Crippen molar-refractivity contribution in [3.05, 3.63) is 53.1 Å². The first-order chi connectivity index (χ1) is 9.58. The van der Waals surface area contributed by atoms with Gasteiger partial charge < -0.3 is 5.32 Å². The first kappa shape index (κ1) is 14.6. The lowest BCUT2D eigenvalue weighted by Crippen LogP contribution is -2.24. The second-order valence-corrected chi connectivity index (χ2v) is 4.48. The molecule has 0 aliphatic carbocycles. The number of rotatable bonds is 5. The predicted molar refractivity (Wildman–Crippen MR) is 69.7 cm³/mol. The molecule has 1 N–H and O–H groups in total. The molecule has 1 aromatic carbocycles. The van der Waals surface area contributed by atoms with Crippen LogP contribution >= 0.6 is 0 Å². The molecule has 3 nitrogen and oxygen atoms in total. The third kappa shape index (κ3) is 2.70. The Hall–Kier alpha value is -1.82.